The van der Waals surface area contributed by atoms with Gasteiger partial charge in [-0.25, -0.2) is 9.97 Å². The fourth-order valence-corrected chi connectivity index (χ4v) is 6.35. The highest BCUT2D eigenvalue weighted by Crippen LogP contribution is 2.21. The predicted molar refractivity (Wildman–Crippen MR) is 185 cm³/mol. The molecule has 0 atom stereocenters. The smallest absolute Gasteiger partial charge is 0.0952 e. The number of hydrogen-bond acceptors (Lipinski definition) is 4. The van der Waals surface area contributed by atoms with E-state index in [0.717, 1.165) is 57.3 Å². The lowest BCUT2D eigenvalue weighted by Crippen LogP contribution is -2.06. The molecule has 0 aliphatic carbocycles. The van der Waals surface area contributed by atoms with Gasteiger partial charge in [0.1, 0.15) is 0 Å². The van der Waals surface area contributed by atoms with Crippen molar-refractivity contribution >= 4 is 0 Å². The minimum Gasteiger partial charge on any atom is -0.333 e. The van der Waals surface area contributed by atoms with Crippen molar-refractivity contribution in [1.29, 1.82) is 0 Å². The number of aryl methyl sites for hydroxylation is 4. The fraction of sp³-hybridized carbons (Fsp3) is 0.368. The SMILES string of the molecule is CCc1nn(C)c(CC)c1Cc1cn(Cc2ccccc2)cn1.CCc1nn(C)c(CC)c1Cc1cncn1Cc1ccccc1. The molecule has 0 aliphatic rings. The Balaban J connectivity index is 0.000000181. The van der Waals surface area contributed by atoms with Crippen LogP contribution in [0.5, 0.6) is 0 Å². The Kier molecular flexibility index (Phi) is 11.0. The highest BCUT2D eigenvalue weighted by Gasteiger charge is 2.17. The number of hydrogen-bond donors (Lipinski definition) is 0. The Morgan fingerprint density at radius 1 is 0.609 bits per heavy atom. The van der Waals surface area contributed by atoms with E-state index < -0.39 is 0 Å². The van der Waals surface area contributed by atoms with E-state index in [1.54, 1.807) is 0 Å². The second-order valence-electron chi connectivity index (χ2n) is 11.8. The summed E-state index contributed by atoms with van der Waals surface area (Å²) in [5, 5.41) is 9.33. The van der Waals surface area contributed by atoms with E-state index in [-0.39, 0.29) is 0 Å². The summed E-state index contributed by atoms with van der Waals surface area (Å²) in [5.41, 5.74) is 12.7. The standard InChI is InChI=1S/2C19H24N4/c1-4-18-17(19(5-2)22(3)21-18)11-16-12-20-14-23(16)13-15-9-7-6-8-10-15;1-4-18-17(19(5-2)22(3)21-18)11-16-13-23(14-20-16)12-15-9-7-6-8-10-15/h6-10,12,14H,4-5,11,13H2,1-3H3;6-10,13-14H,4-5,11-12H2,1-3H3. The van der Waals surface area contributed by atoms with Crippen molar-refractivity contribution in [1.82, 2.24) is 38.7 Å². The van der Waals surface area contributed by atoms with Gasteiger partial charge in [-0.2, -0.15) is 10.2 Å². The second kappa shape index (κ2) is 15.5. The molecule has 0 bridgehead atoms. The minimum atomic E-state index is 0.860. The second-order valence-corrected chi connectivity index (χ2v) is 11.8. The maximum absolute atomic E-state index is 4.68. The minimum absolute atomic E-state index is 0.860. The van der Waals surface area contributed by atoms with Gasteiger partial charge < -0.3 is 9.13 Å². The van der Waals surface area contributed by atoms with Crippen LogP contribution in [0.3, 0.4) is 0 Å². The zero-order chi connectivity index (χ0) is 32.5. The molecule has 0 radical (unpaired) electrons. The van der Waals surface area contributed by atoms with E-state index in [1.165, 1.54) is 50.7 Å². The zero-order valence-electron chi connectivity index (χ0n) is 28.3. The summed E-state index contributed by atoms with van der Waals surface area (Å²) in [6.07, 6.45) is 13.7. The molecule has 0 spiro atoms. The van der Waals surface area contributed by atoms with Crippen LogP contribution in [0.15, 0.2) is 85.7 Å². The fourth-order valence-electron chi connectivity index (χ4n) is 6.35. The molecule has 0 N–H and O–H groups in total. The van der Waals surface area contributed by atoms with Gasteiger partial charge in [-0.05, 0) is 36.8 Å². The number of benzene rings is 2. The maximum Gasteiger partial charge on any atom is 0.0952 e. The lowest BCUT2D eigenvalue weighted by molar-refractivity contribution is 0.703. The summed E-state index contributed by atoms with van der Waals surface area (Å²) < 4.78 is 8.45. The Hall–Kier alpha value is -4.72. The van der Waals surface area contributed by atoms with Crippen LogP contribution in [0.25, 0.3) is 0 Å². The Morgan fingerprint density at radius 3 is 1.70 bits per heavy atom. The first-order valence-corrected chi connectivity index (χ1v) is 16.6. The van der Waals surface area contributed by atoms with Crippen LogP contribution in [-0.2, 0) is 65.7 Å². The summed E-state index contributed by atoms with van der Waals surface area (Å²) in [6, 6.07) is 21.0. The van der Waals surface area contributed by atoms with Crippen molar-refractivity contribution in [2.24, 2.45) is 14.1 Å². The van der Waals surface area contributed by atoms with E-state index in [4.69, 9.17) is 0 Å². The van der Waals surface area contributed by atoms with Crippen molar-refractivity contribution in [3.05, 3.63) is 142 Å². The quantitative estimate of drug-likeness (QED) is 0.152. The summed E-state index contributed by atoms with van der Waals surface area (Å²) in [5.74, 6) is 0. The normalized spacial score (nSPS) is 11.1. The van der Waals surface area contributed by atoms with Gasteiger partial charge in [-0.15, -0.1) is 0 Å². The van der Waals surface area contributed by atoms with E-state index in [2.05, 4.69) is 118 Å². The summed E-state index contributed by atoms with van der Waals surface area (Å²) >= 11 is 0. The first-order chi connectivity index (χ1) is 22.4. The maximum atomic E-state index is 4.68. The summed E-state index contributed by atoms with van der Waals surface area (Å²) in [7, 11) is 4.08. The lowest BCUT2D eigenvalue weighted by Gasteiger charge is -2.10. The molecule has 0 saturated carbocycles. The summed E-state index contributed by atoms with van der Waals surface area (Å²) in [6.45, 7) is 10.4. The first-order valence-electron chi connectivity index (χ1n) is 16.6. The molecule has 2 aromatic carbocycles. The number of imidazole rings is 2. The molecule has 4 aromatic heterocycles. The number of nitrogens with zero attached hydrogens (tertiary/aromatic N) is 8. The molecule has 6 rings (SSSR count). The van der Waals surface area contributed by atoms with Crippen molar-refractivity contribution in [3.63, 3.8) is 0 Å². The first kappa shape index (κ1) is 32.7. The Bertz CT molecular complexity index is 1800. The van der Waals surface area contributed by atoms with Crippen molar-refractivity contribution in [2.75, 3.05) is 0 Å². The lowest BCUT2D eigenvalue weighted by atomic mass is 10.0. The average molecular weight is 617 g/mol. The Labute approximate surface area is 273 Å². The molecular formula is C38H48N8. The molecule has 4 heterocycles. The van der Waals surface area contributed by atoms with Gasteiger partial charge in [0.25, 0.3) is 0 Å². The predicted octanol–water partition coefficient (Wildman–Crippen LogP) is 6.76. The van der Waals surface area contributed by atoms with Crippen LogP contribution in [-0.4, -0.2) is 38.7 Å². The van der Waals surface area contributed by atoms with Gasteiger partial charge >= 0.3 is 0 Å². The largest absolute Gasteiger partial charge is 0.333 e. The van der Waals surface area contributed by atoms with Crippen LogP contribution in [0, 0.1) is 0 Å². The van der Waals surface area contributed by atoms with Crippen LogP contribution < -0.4 is 0 Å². The third-order valence-corrected chi connectivity index (χ3v) is 8.66. The molecule has 0 unspecified atom stereocenters. The van der Waals surface area contributed by atoms with Crippen molar-refractivity contribution in [2.45, 2.75) is 79.3 Å². The molecule has 0 amide bonds. The number of rotatable bonds is 12. The average Bonchev–Trinajstić information content (AvgIpc) is 3.85. The molecule has 240 valence electrons. The molecule has 8 heteroatoms. The van der Waals surface area contributed by atoms with Crippen molar-refractivity contribution < 1.29 is 0 Å². The van der Waals surface area contributed by atoms with Crippen LogP contribution >= 0.6 is 0 Å². The zero-order valence-corrected chi connectivity index (χ0v) is 28.3. The molecule has 0 aliphatic heterocycles. The van der Waals surface area contributed by atoms with Crippen molar-refractivity contribution in [3.8, 4) is 0 Å². The van der Waals surface area contributed by atoms with E-state index >= 15 is 0 Å². The summed E-state index contributed by atoms with van der Waals surface area (Å²) in [4.78, 5) is 8.96. The third-order valence-electron chi connectivity index (χ3n) is 8.66. The number of aromatic nitrogens is 8. The van der Waals surface area contributed by atoms with Gasteiger partial charge in [0.05, 0.1) is 29.7 Å². The molecular weight excluding hydrogens is 568 g/mol. The van der Waals surface area contributed by atoms with Gasteiger partial charge in [-0.1, -0.05) is 88.4 Å². The monoisotopic (exact) mass is 616 g/mol. The van der Waals surface area contributed by atoms with E-state index in [0.29, 0.717) is 0 Å². The highest BCUT2D eigenvalue weighted by atomic mass is 15.3. The van der Waals surface area contributed by atoms with Gasteiger partial charge in [0.15, 0.2) is 0 Å². The van der Waals surface area contributed by atoms with E-state index in [9.17, 15) is 0 Å². The molecule has 0 saturated heterocycles. The third kappa shape index (κ3) is 7.73. The van der Waals surface area contributed by atoms with Gasteiger partial charge in [0.2, 0.25) is 0 Å². The Morgan fingerprint density at radius 2 is 1.15 bits per heavy atom. The van der Waals surface area contributed by atoms with Crippen LogP contribution in [0.4, 0.5) is 0 Å². The topological polar surface area (TPSA) is 71.3 Å². The van der Waals surface area contributed by atoms with Crippen LogP contribution in [0.2, 0.25) is 0 Å². The molecule has 6 aromatic rings. The van der Waals surface area contributed by atoms with Gasteiger partial charge in [0, 0.05) is 80.6 Å². The van der Waals surface area contributed by atoms with Crippen LogP contribution in [0.1, 0.15) is 84.1 Å². The van der Waals surface area contributed by atoms with Gasteiger partial charge in [-0.3, -0.25) is 9.36 Å². The molecule has 0 fully saturated rings. The molecule has 8 nitrogen and oxygen atoms in total. The van der Waals surface area contributed by atoms with E-state index in [1.807, 2.05) is 48.4 Å². The molecule has 46 heavy (non-hydrogen) atoms. The highest BCUT2D eigenvalue weighted by molar-refractivity contribution is 5.32.